The van der Waals surface area contributed by atoms with Gasteiger partial charge in [0, 0.05) is 27.2 Å². The average molecular weight is 343 g/mol. The minimum absolute atomic E-state index is 0.0889. The van der Waals surface area contributed by atoms with E-state index in [9.17, 15) is 9.36 Å². The van der Waals surface area contributed by atoms with Gasteiger partial charge in [-0.3, -0.25) is 9.36 Å². The molecule has 1 aliphatic rings. The van der Waals surface area contributed by atoms with E-state index in [1.807, 2.05) is 12.1 Å². The van der Waals surface area contributed by atoms with Gasteiger partial charge in [-0.1, -0.05) is 12.1 Å². The number of carbonyl (C=O) groups is 1. The zero-order valence-electron chi connectivity index (χ0n) is 13.5. The number of hydrogen-bond donors (Lipinski definition) is 1. The Morgan fingerprint density at radius 1 is 1.22 bits per heavy atom. The first-order chi connectivity index (χ1) is 11.0. The minimum Gasteiger partial charge on any atom is -0.489 e. The van der Waals surface area contributed by atoms with Gasteiger partial charge in [0.05, 0.1) is 13.3 Å². The van der Waals surface area contributed by atoms with Crippen LogP contribution in [0.3, 0.4) is 0 Å². The molecule has 7 nitrogen and oxygen atoms in total. The molecule has 0 saturated carbocycles. The second kappa shape index (κ2) is 7.93. The third-order valence-electron chi connectivity index (χ3n) is 3.73. The predicted octanol–water partition coefficient (Wildman–Crippen LogP) is 1.95. The summed E-state index contributed by atoms with van der Waals surface area (Å²) >= 11 is 0. The number of benzene rings is 1. The van der Waals surface area contributed by atoms with E-state index in [2.05, 4.69) is 5.32 Å². The average Bonchev–Trinajstić information content (AvgIpc) is 3.04. The Labute approximate surface area is 135 Å². The van der Waals surface area contributed by atoms with Crippen molar-refractivity contribution < 1.29 is 27.9 Å². The summed E-state index contributed by atoms with van der Waals surface area (Å²) in [5.74, 6) is 0.414. The molecule has 128 valence electrons. The molecular weight excluding hydrogens is 321 g/mol. The van der Waals surface area contributed by atoms with Crippen molar-refractivity contribution in [3.05, 3.63) is 29.8 Å². The van der Waals surface area contributed by atoms with Crippen LogP contribution in [0.1, 0.15) is 12.0 Å². The first-order valence-corrected chi connectivity index (χ1v) is 9.00. The van der Waals surface area contributed by atoms with E-state index >= 15 is 0 Å². The zero-order chi connectivity index (χ0) is 16.9. The molecule has 0 spiro atoms. The summed E-state index contributed by atoms with van der Waals surface area (Å²) in [6.45, 7) is 0.587. The number of ether oxygens (including phenoxy) is 2. The number of methoxy groups -OCH3 is 1. The normalized spacial score (nSPS) is 21.2. The van der Waals surface area contributed by atoms with E-state index in [0.717, 1.165) is 5.56 Å². The third-order valence-corrected chi connectivity index (χ3v) is 5.60. The molecule has 1 aliphatic heterocycles. The van der Waals surface area contributed by atoms with Crippen LogP contribution in [-0.2, 0) is 29.3 Å². The first kappa shape index (κ1) is 17.9. The fraction of sp³-hybridized carbons (Fsp3) is 0.533. The molecule has 0 amide bonds. The Morgan fingerprint density at radius 2 is 1.87 bits per heavy atom. The van der Waals surface area contributed by atoms with Crippen LogP contribution >= 0.6 is 7.60 Å². The van der Waals surface area contributed by atoms with Crippen molar-refractivity contribution in [2.45, 2.75) is 24.7 Å². The largest absolute Gasteiger partial charge is 0.489 e. The van der Waals surface area contributed by atoms with Gasteiger partial charge in [-0.15, -0.1) is 0 Å². The van der Waals surface area contributed by atoms with Crippen LogP contribution < -0.4 is 10.1 Å². The van der Waals surface area contributed by atoms with Crippen molar-refractivity contribution in [1.29, 1.82) is 0 Å². The summed E-state index contributed by atoms with van der Waals surface area (Å²) in [4.78, 5) is 11.5. The van der Waals surface area contributed by atoms with Gasteiger partial charge in [0.15, 0.2) is 0 Å². The van der Waals surface area contributed by atoms with Gasteiger partial charge in [0.25, 0.3) is 0 Å². The Balaban J connectivity index is 1.91. The number of nitrogens with one attached hydrogen (secondary N) is 1. The molecule has 1 N–H and O–H groups in total. The highest BCUT2D eigenvalue weighted by molar-refractivity contribution is 7.52. The maximum Gasteiger partial charge on any atom is 0.334 e. The first-order valence-electron chi connectivity index (χ1n) is 7.27. The SMILES string of the molecule is COC(=O)[C@@H]1C[C@H](Oc2ccc(CP(=O)(OC)OC)cc2)CN1. The van der Waals surface area contributed by atoms with Crippen LogP contribution in [0.2, 0.25) is 0 Å². The zero-order valence-corrected chi connectivity index (χ0v) is 14.4. The van der Waals surface area contributed by atoms with Crippen molar-refractivity contribution in [3.63, 3.8) is 0 Å². The van der Waals surface area contributed by atoms with Gasteiger partial charge >= 0.3 is 13.6 Å². The highest BCUT2D eigenvalue weighted by Crippen LogP contribution is 2.49. The second-order valence-electron chi connectivity index (χ2n) is 5.24. The van der Waals surface area contributed by atoms with Gasteiger partial charge < -0.3 is 23.8 Å². The van der Waals surface area contributed by atoms with E-state index in [0.29, 0.717) is 18.7 Å². The number of rotatable bonds is 7. The Kier molecular flexibility index (Phi) is 6.18. The third kappa shape index (κ3) is 4.78. The molecule has 2 rings (SSSR count). The van der Waals surface area contributed by atoms with Crippen molar-refractivity contribution >= 4 is 13.6 Å². The number of esters is 1. The van der Waals surface area contributed by atoms with Crippen molar-refractivity contribution in [3.8, 4) is 5.75 Å². The van der Waals surface area contributed by atoms with E-state index in [4.69, 9.17) is 18.5 Å². The van der Waals surface area contributed by atoms with E-state index < -0.39 is 7.60 Å². The molecule has 1 heterocycles. The molecule has 1 saturated heterocycles. The summed E-state index contributed by atoms with van der Waals surface area (Å²) in [5.41, 5.74) is 0.835. The summed E-state index contributed by atoms with van der Waals surface area (Å²) in [5, 5.41) is 3.07. The molecule has 0 radical (unpaired) electrons. The van der Waals surface area contributed by atoms with E-state index in [1.165, 1.54) is 21.3 Å². The molecule has 0 bridgehead atoms. The van der Waals surface area contributed by atoms with Crippen molar-refractivity contribution in [2.24, 2.45) is 0 Å². The van der Waals surface area contributed by atoms with E-state index in [-0.39, 0.29) is 24.3 Å². The molecule has 1 aromatic carbocycles. The molecular formula is C15H22NO6P. The quantitative estimate of drug-likeness (QED) is 0.598. The molecule has 2 atom stereocenters. The Morgan fingerprint density at radius 3 is 2.43 bits per heavy atom. The highest BCUT2D eigenvalue weighted by Gasteiger charge is 2.31. The van der Waals surface area contributed by atoms with Crippen molar-refractivity contribution in [1.82, 2.24) is 5.32 Å². The lowest BCUT2D eigenvalue weighted by Crippen LogP contribution is -2.31. The lowest BCUT2D eigenvalue weighted by atomic mass is 10.2. The molecule has 0 aromatic heterocycles. The molecule has 1 fully saturated rings. The number of carbonyl (C=O) groups excluding carboxylic acids is 1. The molecule has 23 heavy (non-hydrogen) atoms. The van der Waals surface area contributed by atoms with Crippen LogP contribution in [0.4, 0.5) is 0 Å². The van der Waals surface area contributed by atoms with Gasteiger partial charge in [0.2, 0.25) is 0 Å². The lowest BCUT2D eigenvalue weighted by Gasteiger charge is -2.15. The molecule has 8 heteroatoms. The Hall–Kier alpha value is -1.40. The minimum atomic E-state index is -3.07. The fourth-order valence-electron chi connectivity index (χ4n) is 2.41. The maximum absolute atomic E-state index is 12.1. The highest BCUT2D eigenvalue weighted by atomic mass is 31.2. The van der Waals surface area contributed by atoms with Gasteiger partial charge in [-0.2, -0.15) is 0 Å². The summed E-state index contributed by atoms with van der Waals surface area (Å²) < 4.78 is 32.5. The summed E-state index contributed by atoms with van der Waals surface area (Å²) in [6, 6.07) is 6.92. The van der Waals surface area contributed by atoms with Crippen LogP contribution in [0.25, 0.3) is 0 Å². The monoisotopic (exact) mass is 343 g/mol. The Bertz CT molecular complexity index is 568. The summed E-state index contributed by atoms with van der Waals surface area (Å²) in [6.07, 6.45) is 0.682. The molecule has 0 aliphatic carbocycles. The van der Waals surface area contributed by atoms with Crippen molar-refractivity contribution in [2.75, 3.05) is 27.9 Å². The molecule has 0 unspecified atom stereocenters. The van der Waals surface area contributed by atoms with E-state index in [1.54, 1.807) is 12.1 Å². The van der Waals surface area contributed by atoms with Gasteiger partial charge in [-0.25, -0.2) is 0 Å². The number of hydrogen-bond acceptors (Lipinski definition) is 7. The van der Waals surface area contributed by atoms with Crippen LogP contribution in [0.15, 0.2) is 24.3 Å². The predicted molar refractivity (Wildman–Crippen MR) is 84.6 cm³/mol. The standard InChI is InChI=1S/C15H22NO6P/c1-19-15(17)14-8-13(9-16-14)22-12-6-4-11(5-7-12)10-23(18,20-2)21-3/h4-7,13-14,16H,8-10H2,1-3H3/t13-,14-/m0/s1. The lowest BCUT2D eigenvalue weighted by molar-refractivity contribution is -0.142. The topological polar surface area (TPSA) is 83.1 Å². The van der Waals surface area contributed by atoms with Crippen LogP contribution in [0.5, 0.6) is 5.75 Å². The van der Waals surface area contributed by atoms with Crippen LogP contribution in [-0.4, -0.2) is 46.0 Å². The van der Waals surface area contributed by atoms with Gasteiger partial charge in [-0.05, 0) is 17.7 Å². The fourth-order valence-corrected chi connectivity index (χ4v) is 3.47. The maximum atomic E-state index is 12.1. The van der Waals surface area contributed by atoms with Gasteiger partial charge in [0.1, 0.15) is 17.9 Å². The smallest absolute Gasteiger partial charge is 0.334 e. The second-order valence-corrected chi connectivity index (χ2v) is 7.51. The van der Waals surface area contributed by atoms with Crippen LogP contribution in [0, 0.1) is 0 Å². The summed E-state index contributed by atoms with van der Waals surface area (Å²) in [7, 11) is 1.03. The molecule has 1 aromatic rings.